The number of benzene rings is 2. The quantitative estimate of drug-likeness (QED) is 0.683. The zero-order valence-electron chi connectivity index (χ0n) is 11.0. The molecule has 1 heterocycles. The SMILES string of the molecule is Cc1nn(-c2ccccc2)nc1C(=O)c1ccccc1. The van der Waals surface area contributed by atoms with Crippen LogP contribution in [0.5, 0.6) is 0 Å². The molecule has 0 saturated carbocycles. The summed E-state index contributed by atoms with van der Waals surface area (Å²) in [5.41, 5.74) is 2.47. The van der Waals surface area contributed by atoms with E-state index in [1.807, 2.05) is 48.5 Å². The Hall–Kier alpha value is -2.75. The molecule has 0 spiro atoms. The highest BCUT2D eigenvalue weighted by molar-refractivity contribution is 6.08. The molecule has 3 rings (SSSR count). The molecular weight excluding hydrogens is 250 g/mol. The van der Waals surface area contributed by atoms with E-state index in [0.717, 1.165) is 5.69 Å². The molecule has 4 heteroatoms. The van der Waals surface area contributed by atoms with Crippen molar-refractivity contribution in [3.63, 3.8) is 0 Å². The molecule has 0 saturated heterocycles. The van der Waals surface area contributed by atoms with Crippen LogP contribution in [0.3, 0.4) is 0 Å². The number of hydrogen-bond acceptors (Lipinski definition) is 3. The van der Waals surface area contributed by atoms with E-state index in [-0.39, 0.29) is 5.78 Å². The molecule has 0 N–H and O–H groups in total. The fourth-order valence-corrected chi connectivity index (χ4v) is 1.99. The second-order valence-corrected chi connectivity index (χ2v) is 4.45. The minimum Gasteiger partial charge on any atom is -0.287 e. The molecule has 98 valence electrons. The lowest BCUT2D eigenvalue weighted by atomic mass is 10.1. The summed E-state index contributed by atoms with van der Waals surface area (Å²) in [6, 6.07) is 18.7. The van der Waals surface area contributed by atoms with Gasteiger partial charge in [-0.15, -0.1) is 5.10 Å². The maximum absolute atomic E-state index is 12.4. The van der Waals surface area contributed by atoms with Gasteiger partial charge < -0.3 is 0 Å². The number of carbonyl (C=O) groups is 1. The van der Waals surface area contributed by atoms with Crippen LogP contribution in [-0.2, 0) is 0 Å². The summed E-state index contributed by atoms with van der Waals surface area (Å²) in [7, 11) is 0. The van der Waals surface area contributed by atoms with Gasteiger partial charge >= 0.3 is 0 Å². The Bertz CT molecular complexity index is 733. The summed E-state index contributed by atoms with van der Waals surface area (Å²) >= 11 is 0. The summed E-state index contributed by atoms with van der Waals surface area (Å²) < 4.78 is 0. The number of hydrogen-bond donors (Lipinski definition) is 0. The van der Waals surface area contributed by atoms with Crippen molar-refractivity contribution in [2.24, 2.45) is 0 Å². The standard InChI is InChI=1S/C16H13N3O/c1-12-15(16(20)13-8-4-2-5-9-13)18-19(17-12)14-10-6-3-7-11-14/h2-11H,1H3. The predicted octanol–water partition coefficient (Wildman–Crippen LogP) is 2.81. The molecule has 0 aliphatic heterocycles. The summed E-state index contributed by atoms with van der Waals surface area (Å²) in [4.78, 5) is 13.9. The van der Waals surface area contributed by atoms with Gasteiger partial charge in [0.25, 0.3) is 0 Å². The Morgan fingerprint density at radius 2 is 1.50 bits per heavy atom. The van der Waals surface area contributed by atoms with Crippen LogP contribution in [0.25, 0.3) is 5.69 Å². The van der Waals surface area contributed by atoms with Crippen LogP contribution in [0.4, 0.5) is 0 Å². The number of aromatic nitrogens is 3. The Balaban J connectivity index is 2.00. The van der Waals surface area contributed by atoms with Gasteiger partial charge in [-0.1, -0.05) is 48.5 Å². The second-order valence-electron chi connectivity index (χ2n) is 4.45. The van der Waals surface area contributed by atoms with Crippen LogP contribution in [0.15, 0.2) is 60.7 Å². The fraction of sp³-hybridized carbons (Fsp3) is 0.0625. The lowest BCUT2D eigenvalue weighted by Gasteiger charge is -1.98. The van der Waals surface area contributed by atoms with Crippen LogP contribution in [0.2, 0.25) is 0 Å². The topological polar surface area (TPSA) is 47.8 Å². The molecule has 0 bridgehead atoms. The van der Waals surface area contributed by atoms with Crippen LogP contribution < -0.4 is 0 Å². The van der Waals surface area contributed by atoms with Gasteiger partial charge in [-0.2, -0.15) is 9.90 Å². The van der Waals surface area contributed by atoms with Gasteiger partial charge in [0.1, 0.15) is 0 Å². The maximum atomic E-state index is 12.4. The van der Waals surface area contributed by atoms with Crippen molar-refractivity contribution in [3.8, 4) is 5.69 Å². The lowest BCUT2D eigenvalue weighted by Crippen LogP contribution is -2.05. The van der Waals surface area contributed by atoms with Crippen molar-refractivity contribution in [3.05, 3.63) is 77.6 Å². The fourth-order valence-electron chi connectivity index (χ4n) is 1.99. The molecule has 0 fully saturated rings. The first kappa shape index (κ1) is 12.3. The number of carbonyl (C=O) groups excluding carboxylic acids is 1. The highest BCUT2D eigenvalue weighted by Gasteiger charge is 2.17. The number of nitrogens with zero attached hydrogens (tertiary/aromatic N) is 3. The van der Waals surface area contributed by atoms with Crippen molar-refractivity contribution >= 4 is 5.78 Å². The average molecular weight is 263 g/mol. The molecule has 0 atom stereocenters. The normalized spacial score (nSPS) is 10.4. The van der Waals surface area contributed by atoms with Crippen molar-refractivity contribution < 1.29 is 4.79 Å². The van der Waals surface area contributed by atoms with E-state index >= 15 is 0 Å². The van der Waals surface area contributed by atoms with Gasteiger partial charge in [0.2, 0.25) is 5.78 Å². The molecular formula is C16H13N3O. The van der Waals surface area contributed by atoms with Crippen molar-refractivity contribution in [1.29, 1.82) is 0 Å². The molecule has 0 unspecified atom stereocenters. The minimum absolute atomic E-state index is 0.106. The van der Waals surface area contributed by atoms with Gasteiger partial charge in [-0.25, -0.2) is 0 Å². The number of para-hydroxylation sites is 1. The van der Waals surface area contributed by atoms with Gasteiger partial charge in [-0.05, 0) is 19.1 Å². The van der Waals surface area contributed by atoms with Gasteiger partial charge in [-0.3, -0.25) is 4.79 Å². The van der Waals surface area contributed by atoms with E-state index in [9.17, 15) is 4.79 Å². The number of aryl methyl sites for hydroxylation is 1. The third-order valence-electron chi connectivity index (χ3n) is 3.02. The molecule has 1 aromatic heterocycles. The highest BCUT2D eigenvalue weighted by atomic mass is 16.1. The predicted molar refractivity (Wildman–Crippen MR) is 76.0 cm³/mol. The highest BCUT2D eigenvalue weighted by Crippen LogP contribution is 2.12. The van der Waals surface area contributed by atoms with Crippen molar-refractivity contribution in [2.45, 2.75) is 6.92 Å². The van der Waals surface area contributed by atoms with Gasteiger partial charge in [0, 0.05) is 5.56 Å². The van der Waals surface area contributed by atoms with Crippen LogP contribution in [-0.4, -0.2) is 20.8 Å². The monoisotopic (exact) mass is 263 g/mol. The van der Waals surface area contributed by atoms with E-state index in [2.05, 4.69) is 10.2 Å². The molecule has 0 aliphatic carbocycles. The zero-order chi connectivity index (χ0) is 13.9. The van der Waals surface area contributed by atoms with E-state index in [1.165, 1.54) is 4.80 Å². The summed E-state index contributed by atoms with van der Waals surface area (Å²) in [5, 5.41) is 8.62. The molecule has 2 aromatic carbocycles. The first-order chi connectivity index (χ1) is 9.75. The molecule has 0 aliphatic rings. The van der Waals surface area contributed by atoms with Crippen molar-refractivity contribution in [1.82, 2.24) is 15.0 Å². The maximum Gasteiger partial charge on any atom is 0.215 e. The zero-order valence-corrected chi connectivity index (χ0v) is 11.0. The van der Waals surface area contributed by atoms with E-state index in [0.29, 0.717) is 17.0 Å². The summed E-state index contributed by atoms with van der Waals surface area (Å²) in [5.74, 6) is -0.106. The molecule has 3 aromatic rings. The molecule has 20 heavy (non-hydrogen) atoms. The summed E-state index contributed by atoms with van der Waals surface area (Å²) in [6.07, 6.45) is 0. The largest absolute Gasteiger partial charge is 0.287 e. The third-order valence-corrected chi connectivity index (χ3v) is 3.02. The van der Waals surface area contributed by atoms with Crippen LogP contribution >= 0.6 is 0 Å². The molecule has 4 nitrogen and oxygen atoms in total. The first-order valence-electron chi connectivity index (χ1n) is 6.35. The van der Waals surface area contributed by atoms with Gasteiger partial charge in [0.15, 0.2) is 5.69 Å². The number of rotatable bonds is 3. The Kier molecular flexibility index (Phi) is 3.13. The Morgan fingerprint density at radius 3 is 2.15 bits per heavy atom. The Labute approximate surface area is 116 Å². The van der Waals surface area contributed by atoms with Crippen molar-refractivity contribution in [2.75, 3.05) is 0 Å². The van der Waals surface area contributed by atoms with E-state index < -0.39 is 0 Å². The third kappa shape index (κ3) is 2.23. The molecule has 0 amide bonds. The molecule has 0 radical (unpaired) electrons. The average Bonchev–Trinajstić information content (AvgIpc) is 2.90. The Morgan fingerprint density at radius 1 is 0.900 bits per heavy atom. The smallest absolute Gasteiger partial charge is 0.215 e. The second kappa shape index (κ2) is 5.09. The minimum atomic E-state index is -0.106. The van der Waals surface area contributed by atoms with Crippen LogP contribution in [0, 0.1) is 6.92 Å². The van der Waals surface area contributed by atoms with E-state index in [1.54, 1.807) is 19.1 Å². The van der Waals surface area contributed by atoms with Gasteiger partial charge in [0.05, 0.1) is 11.4 Å². The number of ketones is 1. The summed E-state index contributed by atoms with van der Waals surface area (Å²) in [6.45, 7) is 1.79. The first-order valence-corrected chi connectivity index (χ1v) is 6.35. The van der Waals surface area contributed by atoms with E-state index in [4.69, 9.17) is 0 Å². The van der Waals surface area contributed by atoms with Crippen LogP contribution in [0.1, 0.15) is 21.7 Å². The lowest BCUT2D eigenvalue weighted by molar-refractivity contribution is 0.103.